The largest absolute Gasteiger partial charge is 0.490 e. The van der Waals surface area contributed by atoms with Gasteiger partial charge in [-0.3, -0.25) is 18.2 Å². The van der Waals surface area contributed by atoms with Gasteiger partial charge in [0.1, 0.15) is 60.9 Å². The number of aliphatic hydroxyl groups is 2. The first kappa shape index (κ1) is 53.0. The molecule has 5 aromatic rings. The van der Waals surface area contributed by atoms with Crippen molar-refractivity contribution < 1.29 is 89.0 Å². The van der Waals surface area contributed by atoms with Gasteiger partial charge in [0.15, 0.2) is 52.7 Å². The van der Waals surface area contributed by atoms with Gasteiger partial charge in [-0.1, -0.05) is 44.2 Å². The number of nitrogens with zero attached hydrogens (tertiary/aromatic N) is 10. The van der Waals surface area contributed by atoms with Crippen LogP contribution in [0.4, 0.5) is 11.6 Å². The number of benzene rings is 1. The van der Waals surface area contributed by atoms with E-state index >= 15 is 0 Å². The minimum atomic E-state index is -6.20. The van der Waals surface area contributed by atoms with Crippen LogP contribution in [0.3, 0.4) is 0 Å². The fourth-order valence-corrected chi connectivity index (χ4v) is 12.8. The van der Waals surface area contributed by atoms with Crippen molar-refractivity contribution in [2.24, 2.45) is 0 Å². The number of fused-ring (bicyclic) bond motifs is 3. The molecule has 69 heavy (non-hydrogen) atoms. The number of hydrogen-bond donors (Lipinski definition) is 6. The van der Waals surface area contributed by atoms with E-state index < -0.39 is 99.9 Å². The highest BCUT2D eigenvalue weighted by molar-refractivity contribution is 7.69. The van der Waals surface area contributed by atoms with Crippen LogP contribution >= 0.6 is 31.3 Å². The smallest absolute Gasteiger partial charge is 0.387 e. The highest BCUT2D eigenvalue weighted by Gasteiger charge is 2.55. The molecule has 3 fully saturated rings. The van der Waals surface area contributed by atoms with E-state index in [1.165, 1.54) is 17.2 Å². The lowest BCUT2D eigenvalue weighted by atomic mass is 10.1. The average Bonchev–Trinajstić information content (AvgIpc) is 4.06. The molecule has 0 spiro atoms. The quantitative estimate of drug-likeness (QED) is 0.0687. The summed E-state index contributed by atoms with van der Waals surface area (Å²) in [6.07, 6.45) is -8.51. The summed E-state index contributed by atoms with van der Waals surface area (Å²) in [7, 11) is -16.9. The number of anilines is 2. The second-order valence-corrected chi connectivity index (χ2v) is 22.0. The first-order chi connectivity index (χ1) is 32.4. The molecule has 29 nitrogen and oxygen atoms in total. The summed E-state index contributed by atoms with van der Waals surface area (Å²) in [6, 6.07) is 9.23. The third-order valence-electron chi connectivity index (χ3n) is 10.5. The molecular weight excluding hydrogens is 1000 g/mol. The normalized spacial score (nSPS) is 28.1. The Morgan fingerprint density at radius 2 is 1.06 bits per heavy atom. The SMILES string of the molecule is CC.Cc1nc2c(N(C)C)ncnc2n1[C@@H]1O[C@H](COP(=O)(O)OP(=O)(O)OP(=O)(O)OP(=O)(O)OC[C@H]2O[C@@H](n3c(C)nc4c(N(C)C)ncnc43)[C@@H](O)C2O)C2OC(Cc3ccccc3)OC21. The van der Waals surface area contributed by atoms with Crippen molar-refractivity contribution in [2.45, 2.75) is 89.5 Å². The van der Waals surface area contributed by atoms with Crippen molar-refractivity contribution in [3.05, 3.63) is 60.2 Å². The van der Waals surface area contributed by atoms with Gasteiger partial charge in [0.25, 0.3) is 0 Å². The Bertz CT molecular complexity index is 2820. The fourth-order valence-electron chi connectivity index (χ4n) is 7.80. The maximum Gasteiger partial charge on any atom is 0.490 e. The van der Waals surface area contributed by atoms with Crippen LogP contribution in [0.5, 0.6) is 0 Å². The van der Waals surface area contributed by atoms with Gasteiger partial charge in [-0.15, -0.1) is 0 Å². The van der Waals surface area contributed by atoms with Gasteiger partial charge in [-0.2, -0.15) is 12.9 Å². The standard InChI is InChI=1S/C34H46N10O19P4.C2H6/c1-17-39-23-29(41(3)4)35-15-37-31(23)43(17)33-26(46)25(45)20(57-33)13-55-64(47,48)61-66(51,52)63-67(53,54)62-65(49,50)56-14-21-27-28(60-22(59-27)12-19-10-8-7-9-11-19)34(58-21)44-18(2)40-24-30(42(5)6)36-16-38-32(24)44;1-2/h7-11,15-16,20-22,25-28,33-34,45-46H,12-14H2,1-6H3,(H,47,48)(H,49,50)(H,51,52)(H,53,54);1-2H3/t20-,21-,22?,25?,26+,27?,28?,33-,34-;/m1./s1. The van der Waals surface area contributed by atoms with Gasteiger partial charge >= 0.3 is 31.3 Å². The number of rotatable bonds is 18. The molecule has 1 aromatic carbocycles. The summed E-state index contributed by atoms with van der Waals surface area (Å²) in [5.74, 6) is 1.65. The molecule has 0 saturated carbocycles. The monoisotopic (exact) mass is 1050 g/mol. The van der Waals surface area contributed by atoms with E-state index in [4.69, 9.17) is 28.0 Å². The first-order valence-corrected chi connectivity index (χ1v) is 26.9. The third-order valence-corrected chi connectivity index (χ3v) is 16.4. The Morgan fingerprint density at radius 1 is 0.609 bits per heavy atom. The van der Waals surface area contributed by atoms with Crippen molar-refractivity contribution in [1.29, 1.82) is 0 Å². The topological polar surface area (TPSA) is 366 Å². The van der Waals surface area contributed by atoms with Crippen LogP contribution in [0.1, 0.15) is 43.5 Å². The molecule has 0 aliphatic carbocycles. The molecule has 3 aliphatic rings. The maximum atomic E-state index is 13.1. The lowest BCUT2D eigenvalue weighted by molar-refractivity contribution is -0.149. The molecule has 0 bridgehead atoms. The van der Waals surface area contributed by atoms with Crippen LogP contribution in [0.15, 0.2) is 43.0 Å². The average molecular weight is 1050 g/mol. The predicted octanol–water partition coefficient (Wildman–Crippen LogP) is 2.80. The summed E-state index contributed by atoms with van der Waals surface area (Å²) in [4.78, 5) is 70.8. The summed E-state index contributed by atoms with van der Waals surface area (Å²) < 4.78 is 101. The number of aryl methyl sites for hydroxylation is 2. The Kier molecular flexibility index (Phi) is 16.0. The summed E-state index contributed by atoms with van der Waals surface area (Å²) >= 11 is 0. The third kappa shape index (κ3) is 11.6. The molecule has 380 valence electrons. The van der Waals surface area contributed by atoms with Crippen LogP contribution < -0.4 is 9.80 Å². The maximum absolute atomic E-state index is 13.1. The van der Waals surface area contributed by atoms with E-state index in [-0.39, 0.29) is 11.5 Å². The Balaban J connectivity index is 0.00000347. The Hall–Kier alpha value is -3.76. The van der Waals surface area contributed by atoms with E-state index in [9.17, 15) is 48.0 Å². The molecular formula is C36H52N10O19P4. The van der Waals surface area contributed by atoms with Crippen molar-refractivity contribution in [3.63, 3.8) is 0 Å². The molecule has 6 N–H and O–H groups in total. The second kappa shape index (κ2) is 20.8. The number of phosphoric ester groups is 2. The van der Waals surface area contributed by atoms with E-state index in [2.05, 4.69) is 42.8 Å². The molecule has 4 aromatic heterocycles. The molecule has 33 heteroatoms. The lowest BCUT2D eigenvalue weighted by Gasteiger charge is -2.23. The predicted molar refractivity (Wildman–Crippen MR) is 238 cm³/mol. The molecule has 0 radical (unpaired) electrons. The lowest BCUT2D eigenvalue weighted by Crippen LogP contribution is -2.33. The Labute approximate surface area is 393 Å². The molecule has 13 atom stereocenters. The summed E-state index contributed by atoms with van der Waals surface area (Å²) in [6.45, 7) is 5.31. The number of ether oxygens (including phenoxy) is 4. The Morgan fingerprint density at radius 3 is 1.57 bits per heavy atom. The minimum absolute atomic E-state index is 0.209. The first-order valence-electron chi connectivity index (χ1n) is 20.9. The fraction of sp³-hybridized carbons (Fsp3) is 0.556. The number of imidazole rings is 2. The van der Waals surface area contributed by atoms with Gasteiger partial charge in [0, 0.05) is 34.6 Å². The van der Waals surface area contributed by atoms with Crippen molar-refractivity contribution in [3.8, 4) is 0 Å². The highest BCUT2D eigenvalue weighted by atomic mass is 31.3. The van der Waals surface area contributed by atoms with E-state index in [0.717, 1.165) is 5.56 Å². The van der Waals surface area contributed by atoms with Gasteiger partial charge in [0.05, 0.1) is 13.2 Å². The summed E-state index contributed by atoms with van der Waals surface area (Å²) in [5.41, 5.74) is 2.21. The van der Waals surface area contributed by atoms with Crippen LogP contribution in [0.2, 0.25) is 0 Å². The van der Waals surface area contributed by atoms with Crippen LogP contribution in [0, 0.1) is 13.8 Å². The molecule has 7 heterocycles. The second-order valence-electron chi connectivity index (χ2n) is 15.7. The van der Waals surface area contributed by atoms with E-state index in [1.54, 1.807) is 56.4 Å². The molecule has 0 amide bonds. The van der Waals surface area contributed by atoms with Gasteiger partial charge in [0.2, 0.25) is 0 Å². The minimum Gasteiger partial charge on any atom is -0.387 e. The van der Waals surface area contributed by atoms with Gasteiger partial charge in [-0.05, 0) is 19.4 Å². The number of aliphatic hydroxyl groups excluding tert-OH is 2. The van der Waals surface area contributed by atoms with Crippen molar-refractivity contribution in [1.82, 2.24) is 39.0 Å². The van der Waals surface area contributed by atoms with Gasteiger partial charge < -0.3 is 58.5 Å². The number of phosphoric acid groups is 4. The van der Waals surface area contributed by atoms with Crippen LogP contribution in [-0.2, 0) is 65.6 Å². The molecule has 3 aliphatic heterocycles. The van der Waals surface area contributed by atoms with Crippen LogP contribution in [0.25, 0.3) is 22.3 Å². The zero-order chi connectivity index (χ0) is 50.4. The zero-order valence-electron chi connectivity index (χ0n) is 38.1. The molecule has 8 rings (SSSR count). The van der Waals surface area contributed by atoms with Gasteiger partial charge in [-0.25, -0.2) is 48.2 Å². The van der Waals surface area contributed by atoms with E-state index in [1.807, 2.05) is 44.2 Å². The number of aromatic nitrogens is 8. The zero-order valence-corrected chi connectivity index (χ0v) is 41.7. The van der Waals surface area contributed by atoms with Crippen molar-refractivity contribution >= 4 is 65.3 Å². The van der Waals surface area contributed by atoms with Crippen molar-refractivity contribution in [2.75, 3.05) is 51.2 Å². The van der Waals surface area contributed by atoms with Crippen LogP contribution in [-0.4, -0.2) is 153 Å². The summed E-state index contributed by atoms with van der Waals surface area (Å²) in [5, 5.41) is 21.6. The molecule has 8 unspecified atom stereocenters. The van der Waals surface area contributed by atoms with E-state index in [0.29, 0.717) is 40.6 Å². The molecule has 3 saturated heterocycles. The highest BCUT2D eigenvalue weighted by Crippen LogP contribution is 2.71. The number of hydrogen-bond acceptors (Lipinski definition) is 23.